The van der Waals surface area contributed by atoms with Crippen molar-refractivity contribution in [2.45, 2.75) is 6.92 Å². The lowest BCUT2D eigenvalue weighted by atomic mass is 10.0. The number of Topliss-reactive ketones (excluding diaryl/α,β-unsaturated/α-hetero) is 2. The van der Waals surface area contributed by atoms with Gasteiger partial charge in [-0.25, -0.2) is 0 Å². The number of carbonyl (C=O) groups excluding carboxylic acids is 2. The molecular weight excluding hydrogens is 388 g/mol. The topological polar surface area (TPSA) is 52.6 Å². The van der Waals surface area contributed by atoms with Crippen molar-refractivity contribution in [3.05, 3.63) is 99.8 Å². The molecule has 4 nitrogen and oxygen atoms in total. The second kappa shape index (κ2) is 7.94. The van der Waals surface area contributed by atoms with Crippen LogP contribution in [0.3, 0.4) is 0 Å². The summed E-state index contributed by atoms with van der Waals surface area (Å²) < 4.78 is 11.4. The predicted octanol–water partition coefficient (Wildman–Crippen LogP) is 5.53. The Labute approximate surface area is 173 Å². The average molecular weight is 405 g/mol. The normalized spacial score (nSPS) is 13.9. The third-order valence-corrected chi connectivity index (χ3v) is 4.79. The van der Waals surface area contributed by atoms with Crippen molar-refractivity contribution in [3.63, 3.8) is 0 Å². The molecule has 0 N–H and O–H groups in total. The van der Waals surface area contributed by atoms with Gasteiger partial charge in [0.05, 0.1) is 5.56 Å². The van der Waals surface area contributed by atoms with Crippen LogP contribution in [-0.4, -0.2) is 18.2 Å². The first-order valence-electron chi connectivity index (χ1n) is 9.07. The largest absolute Gasteiger partial charge is 0.485 e. The Bertz CT molecular complexity index is 1130. The van der Waals surface area contributed by atoms with Crippen LogP contribution in [-0.2, 0) is 0 Å². The van der Waals surface area contributed by atoms with Gasteiger partial charge in [0.1, 0.15) is 11.5 Å². The third-order valence-electron chi connectivity index (χ3n) is 4.56. The van der Waals surface area contributed by atoms with Crippen LogP contribution in [0.25, 0.3) is 6.08 Å². The lowest BCUT2D eigenvalue weighted by Crippen LogP contribution is -2.11. The lowest BCUT2D eigenvalue weighted by Gasteiger charge is -2.08. The number of benzene rings is 3. The summed E-state index contributed by atoms with van der Waals surface area (Å²) in [4.78, 5) is 25.0. The number of ketones is 2. The first kappa shape index (κ1) is 19.0. The highest BCUT2D eigenvalue weighted by Crippen LogP contribution is 2.37. The summed E-state index contributed by atoms with van der Waals surface area (Å²) in [6.07, 6.45) is 1.66. The molecule has 0 spiro atoms. The highest BCUT2D eigenvalue weighted by Gasteiger charge is 2.30. The van der Waals surface area contributed by atoms with Gasteiger partial charge in [-0.3, -0.25) is 9.59 Å². The highest BCUT2D eigenvalue weighted by atomic mass is 35.5. The molecule has 0 saturated carbocycles. The number of allylic oxidation sites excluding steroid dienone is 1. The Balaban J connectivity index is 1.54. The standard InChI is InChI=1S/C24H17ClO4/c1-15-10-19(28-14-20(26)17-7-3-2-4-8-17)13-21-23(15)24(27)22(29-21)12-16-6-5-9-18(25)11-16/h2-13H,14H2,1H3/b22-12-. The molecule has 0 fully saturated rings. The van der Waals surface area contributed by atoms with E-state index in [9.17, 15) is 9.59 Å². The fourth-order valence-electron chi connectivity index (χ4n) is 3.16. The molecule has 0 aromatic heterocycles. The van der Waals surface area contributed by atoms with E-state index in [4.69, 9.17) is 21.1 Å². The Morgan fingerprint density at radius 2 is 1.86 bits per heavy atom. The number of halogens is 1. The van der Waals surface area contributed by atoms with E-state index in [1.54, 1.807) is 54.6 Å². The van der Waals surface area contributed by atoms with E-state index in [0.717, 1.165) is 11.1 Å². The molecule has 1 aliphatic rings. The molecule has 0 atom stereocenters. The number of hydrogen-bond donors (Lipinski definition) is 0. The molecule has 3 aromatic rings. The van der Waals surface area contributed by atoms with Gasteiger partial charge in [-0.15, -0.1) is 0 Å². The van der Waals surface area contributed by atoms with Gasteiger partial charge in [0.2, 0.25) is 5.78 Å². The van der Waals surface area contributed by atoms with Crippen molar-refractivity contribution in [3.8, 4) is 11.5 Å². The molecule has 0 saturated heterocycles. The smallest absolute Gasteiger partial charge is 0.232 e. The first-order valence-corrected chi connectivity index (χ1v) is 9.44. The predicted molar refractivity (Wildman–Crippen MR) is 112 cm³/mol. The molecule has 0 bridgehead atoms. The monoisotopic (exact) mass is 404 g/mol. The number of hydrogen-bond acceptors (Lipinski definition) is 4. The summed E-state index contributed by atoms with van der Waals surface area (Å²) in [6, 6.07) is 19.5. The van der Waals surface area contributed by atoms with Crippen LogP contribution >= 0.6 is 11.6 Å². The van der Waals surface area contributed by atoms with Gasteiger partial charge in [0.25, 0.3) is 0 Å². The van der Waals surface area contributed by atoms with E-state index in [-0.39, 0.29) is 23.9 Å². The van der Waals surface area contributed by atoms with Gasteiger partial charge in [0, 0.05) is 16.7 Å². The zero-order chi connectivity index (χ0) is 20.4. The van der Waals surface area contributed by atoms with Crippen LogP contribution in [0, 0.1) is 6.92 Å². The van der Waals surface area contributed by atoms with E-state index >= 15 is 0 Å². The summed E-state index contributed by atoms with van der Waals surface area (Å²) in [5.41, 5.74) is 2.59. The lowest BCUT2D eigenvalue weighted by molar-refractivity contribution is 0.0920. The minimum Gasteiger partial charge on any atom is -0.485 e. The van der Waals surface area contributed by atoms with Crippen LogP contribution in [0.5, 0.6) is 11.5 Å². The SMILES string of the molecule is Cc1cc(OCC(=O)c2ccccc2)cc2c1C(=O)/C(=C/c1cccc(Cl)c1)O2. The van der Waals surface area contributed by atoms with E-state index in [1.165, 1.54) is 0 Å². The molecule has 0 unspecified atom stereocenters. The van der Waals surface area contributed by atoms with E-state index in [2.05, 4.69) is 0 Å². The quantitative estimate of drug-likeness (QED) is 0.414. The highest BCUT2D eigenvalue weighted by molar-refractivity contribution is 6.30. The molecule has 0 aliphatic carbocycles. The summed E-state index contributed by atoms with van der Waals surface area (Å²) in [5, 5.41) is 0.581. The number of carbonyl (C=O) groups is 2. The summed E-state index contributed by atoms with van der Waals surface area (Å²) in [5.74, 6) is 0.808. The summed E-state index contributed by atoms with van der Waals surface area (Å²) in [6.45, 7) is 1.72. The molecule has 0 radical (unpaired) electrons. The van der Waals surface area contributed by atoms with Crippen LogP contribution in [0.1, 0.15) is 31.8 Å². The fourth-order valence-corrected chi connectivity index (χ4v) is 3.36. The zero-order valence-electron chi connectivity index (χ0n) is 15.6. The summed E-state index contributed by atoms with van der Waals surface area (Å²) in [7, 11) is 0. The molecule has 5 heteroatoms. The van der Waals surface area contributed by atoms with Crippen molar-refractivity contribution in [1.82, 2.24) is 0 Å². The maximum absolute atomic E-state index is 12.7. The molecule has 0 amide bonds. The molecule has 3 aromatic carbocycles. The number of ether oxygens (including phenoxy) is 2. The zero-order valence-corrected chi connectivity index (χ0v) is 16.4. The van der Waals surface area contributed by atoms with E-state index in [0.29, 0.717) is 27.6 Å². The van der Waals surface area contributed by atoms with Crippen LogP contribution in [0.4, 0.5) is 0 Å². The van der Waals surface area contributed by atoms with E-state index in [1.807, 2.05) is 25.1 Å². The average Bonchev–Trinajstić information content (AvgIpc) is 3.02. The van der Waals surface area contributed by atoms with Crippen LogP contribution in [0.15, 0.2) is 72.5 Å². The Morgan fingerprint density at radius 3 is 2.62 bits per heavy atom. The van der Waals surface area contributed by atoms with Gasteiger partial charge < -0.3 is 9.47 Å². The molecule has 1 heterocycles. The molecule has 144 valence electrons. The van der Waals surface area contributed by atoms with Gasteiger partial charge in [-0.1, -0.05) is 54.1 Å². The van der Waals surface area contributed by atoms with Crippen molar-refractivity contribution >= 4 is 29.2 Å². The van der Waals surface area contributed by atoms with Gasteiger partial charge >= 0.3 is 0 Å². The fraction of sp³-hybridized carbons (Fsp3) is 0.0833. The van der Waals surface area contributed by atoms with Crippen molar-refractivity contribution in [2.75, 3.05) is 6.61 Å². The first-order chi connectivity index (χ1) is 14.0. The van der Waals surface area contributed by atoms with Crippen LogP contribution < -0.4 is 9.47 Å². The molecule has 29 heavy (non-hydrogen) atoms. The second-order valence-corrected chi connectivity index (χ2v) is 7.12. The minimum atomic E-state index is -0.190. The van der Waals surface area contributed by atoms with Gasteiger partial charge in [0.15, 0.2) is 18.1 Å². The van der Waals surface area contributed by atoms with Crippen molar-refractivity contribution in [2.24, 2.45) is 0 Å². The van der Waals surface area contributed by atoms with Gasteiger partial charge in [-0.05, 0) is 42.3 Å². The number of rotatable bonds is 5. The van der Waals surface area contributed by atoms with Gasteiger partial charge in [-0.2, -0.15) is 0 Å². The molecule has 4 rings (SSSR count). The van der Waals surface area contributed by atoms with Crippen molar-refractivity contribution < 1.29 is 19.1 Å². The minimum absolute atomic E-state index is 0.0958. The van der Waals surface area contributed by atoms with E-state index < -0.39 is 0 Å². The second-order valence-electron chi connectivity index (χ2n) is 6.69. The molecule has 1 aliphatic heterocycles. The molecular formula is C24H17ClO4. The number of fused-ring (bicyclic) bond motifs is 1. The maximum Gasteiger partial charge on any atom is 0.232 e. The summed E-state index contributed by atoms with van der Waals surface area (Å²) >= 11 is 6.01. The van der Waals surface area contributed by atoms with Crippen molar-refractivity contribution in [1.29, 1.82) is 0 Å². The van der Waals surface area contributed by atoms with Crippen LogP contribution in [0.2, 0.25) is 5.02 Å². The number of aryl methyl sites for hydroxylation is 1. The third kappa shape index (κ3) is 4.08. The maximum atomic E-state index is 12.7. The Kier molecular flexibility index (Phi) is 5.19. The Morgan fingerprint density at radius 1 is 1.07 bits per heavy atom. The Hall–Kier alpha value is -3.37.